The predicted octanol–water partition coefficient (Wildman–Crippen LogP) is 4.52. The topological polar surface area (TPSA) is 52.0 Å². The van der Waals surface area contributed by atoms with E-state index >= 15 is 0 Å². The fraction of sp³-hybridized carbons (Fsp3) is 0. The molecule has 21 heavy (non-hydrogen) atoms. The molecule has 6 heteroatoms. The van der Waals surface area contributed by atoms with Gasteiger partial charge in [-0.25, -0.2) is 8.78 Å². The summed E-state index contributed by atoms with van der Waals surface area (Å²) in [6.07, 6.45) is 0. The smallest absolute Gasteiger partial charge is 0.177 e. The Hall–Kier alpha value is -2.40. The number of aromatic nitrogens is 1. The summed E-state index contributed by atoms with van der Waals surface area (Å²) < 4.78 is 31.9. The molecule has 0 radical (unpaired) electrons. The van der Waals surface area contributed by atoms with Crippen LogP contribution in [0.3, 0.4) is 0 Å². The van der Waals surface area contributed by atoms with Crippen LogP contribution < -0.4 is 5.73 Å². The van der Waals surface area contributed by atoms with Gasteiger partial charge in [-0.2, -0.15) is 0 Å². The van der Waals surface area contributed by atoms with Crippen LogP contribution in [0.1, 0.15) is 0 Å². The number of halogens is 3. The van der Waals surface area contributed by atoms with Gasteiger partial charge in [-0.15, -0.1) is 0 Å². The Morgan fingerprint density at radius 3 is 2.38 bits per heavy atom. The second kappa shape index (κ2) is 5.18. The zero-order valence-corrected chi connectivity index (χ0v) is 11.4. The number of nitrogens with two attached hydrogens (primary N) is 1. The highest BCUT2D eigenvalue weighted by Gasteiger charge is 2.19. The zero-order valence-electron chi connectivity index (χ0n) is 10.6. The van der Waals surface area contributed by atoms with Crippen LogP contribution in [0.25, 0.3) is 22.5 Å². The van der Waals surface area contributed by atoms with Crippen LogP contribution in [0.15, 0.2) is 47.0 Å². The first-order valence-electron chi connectivity index (χ1n) is 6.02. The molecule has 1 heterocycles. The first-order valence-corrected chi connectivity index (χ1v) is 6.40. The first-order chi connectivity index (χ1) is 10.0. The molecular weight excluding hydrogens is 298 g/mol. The van der Waals surface area contributed by atoms with E-state index in [1.54, 1.807) is 24.3 Å². The molecule has 0 fully saturated rings. The van der Waals surface area contributed by atoms with Gasteiger partial charge in [0, 0.05) is 16.7 Å². The van der Waals surface area contributed by atoms with Crippen LogP contribution >= 0.6 is 11.6 Å². The van der Waals surface area contributed by atoms with Gasteiger partial charge in [-0.05, 0) is 29.8 Å². The summed E-state index contributed by atoms with van der Waals surface area (Å²) in [6.45, 7) is 0. The molecule has 1 aromatic heterocycles. The van der Waals surface area contributed by atoms with E-state index in [4.69, 9.17) is 21.9 Å². The maximum absolute atomic E-state index is 13.4. The average molecular weight is 307 g/mol. The van der Waals surface area contributed by atoms with Gasteiger partial charge in [0.1, 0.15) is 11.6 Å². The summed E-state index contributed by atoms with van der Waals surface area (Å²) >= 11 is 5.95. The van der Waals surface area contributed by atoms with E-state index in [0.29, 0.717) is 16.1 Å². The lowest BCUT2D eigenvalue weighted by molar-refractivity contribution is 0.435. The summed E-state index contributed by atoms with van der Waals surface area (Å²) in [5.41, 5.74) is 7.12. The molecule has 0 aliphatic rings. The second-order valence-corrected chi connectivity index (χ2v) is 4.88. The van der Waals surface area contributed by atoms with E-state index in [-0.39, 0.29) is 17.1 Å². The minimum atomic E-state index is -0.711. The molecule has 0 aliphatic carbocycles. The maximum atomic E-state index is 13.4. The highest BCUT2D eigenvalue weighted by atomic mass is 35.5. The minimum Gasteiger partial charge on any atom is -0.380 e. The molecule has 2 aromatic carbocycles. The Kier molecular flexibility index (Phi) is 3.35. The Morgan fingerprint density at radius 1 is 1.00 bits per heavy atom. The molecule has 0 saturated carbocycles. The predicted molar refractivity (Wildman–Crippen MR) is 76.7 cm³/mol. The van der Waals surface area contributed by atoms with E-state index in [1.165, 1.54) is 0 Å². The Morgan fingerprint density at radius 2 is 1.71 bits per heavy atom. The number of anilines is 1. The standard InChI is InChI=1S/C15H9ClF2N2O/c16-10-3-1-2-8(4-10)13-14(21-20-15(13)19)9-5-11(17)7-12(18)6-9/h1-7H,(H2,19,20). The van der Waals surface area contributed by atoms with Crippen molar-refractivity contribution in [3.8, 4) is 22.5 Å². The van der Waals surface area contributed by atoms with Crippen molar-refractivity contribution in [2.45, 2.75) is 0 Å². The third-order valence-corrected chi connectivity index (χ3v) is 3.19. The maximum Gasteiger partial charge on any atom is 0.177 e. The summed E-state index contributed by atoms with van der Waals surface area (Å²) in [5.74, 6) is -1.11. The van der Waals surface area contributed by atoms with E-state index in [1.807, 2.05) is 0 Å². The lowest BCUT2D eigenvalue weighted by Crippen LogP contribution is -1.90. The number of rotatable bonds is 2. The van der Waals surface area contributed by atoms with Crippen LogP contribution in [0.2, 0.25) is 5.02 Å². The number of nitrogens with zero attached hydrogens (tertiary/aromatic N) is 1. The highest BCUT2D eigenvalue weighted by molar-refractivity contribution is 6.30. The van der Waals surface area contributed by atoms with Crippen LogP contribution in [0.4, 0.5) is 14.6 Å². The van der Waals surface area contributed by atoms with Gasteiger partial charge < -0.3 is 10.3 Å². The molecule has 106 valence electrons. The monoisotopic (exact) mass is 306 g/mol. The molecule has 0 atom stereocenters. The van der Waals surface area contributed by atoms with Crippen molar-refractivity contribution in [3.05, 3.63) is 59.1 Å². The Bertz CT molecular complexity index is 797. The largest absolute Gasteiger partial charge is 0.380 e. The molecule has 3 rings (SSSR count). The molecule has 3 aromatic rings. The van der Waals surface area contributed by atoms with E-state index in [2.05, 4.69) is 5.16 Å². The number of hydrogen-bond acceptors (Lipinski definition) is 3. The van der Waals surface area contributed by atoms with Crippen molar-refractivity contribution < 1.29 is 13.3 Å². The fourth-order valence-corrected chi connectivity index (χ4v) is 2.30. The first kappa shape index (κ1) is 13.6. The molecule has 0 aliphatic heterocycles. The molecular formula is C15H9ClF2N2O. The van der Waals surface area contributed by atoms with Crippen molar-refractivity contribution in [1.29, 1.82) is 0 Å². The highest BCUT2D eigenvalue weighted by Crippen LogP contribution is 2.37. The molecule has 0 amide bonds. The van der Waals surface area contributed by atoms with Crippen LogP contribution in [-0.4, -0.2) is 5.16 Å². The van der Waals surface area contributed by atoms with E-state index in [9.17, 15) is 8.78 Å². The normalized spacial score (nSPS) is 10.8. The van der Waals surface area contributed by atoms with Crippen molar-refractivity contribution in [3.63, 3.8) is 0 Å². The van der Waals surface area contributed by atoms with Crippen LogP contribution in [-0.2, 0) is 0 Å². The number of benzene rings is 2. The lowest BCUT2D eigenvalue weighted by Gasteiger charge is -2.04. The van der Waals surface area contributed by atoms with Crippen LogP contribution in [0, 0.1) is 11.6 Å². The molecule has 0 unspecified atom stereocenters. The van der Waals surface area contributed by atoms with Gasteiger partial charge in [0.15, 0.2) is 11.6 Å². The molecule has 0 saturated heterocycles. The summed E-state index contributed by atoms with van der Waals surface area (Å²) in [4.78, 5) is 0. The number of hydrogen-bond donors (Lipinski definition) is 1. The number of nitrogen functional groups attached to an aromatic ring is 1. The van der Waals surface area contributed by atoms with Gasteiger partial charge >= 0.3 is 0 Å². The van der Waals surface area contributed by atoms with Gasteiger partial charge in [-0.3, -0.25) is 0 Å². The summed E-state index contributed by atoms with van der Waals surface area (Å²) in [5, 5.41) is 4.18. The third kappa shape index (κ3) is 2.60. The van der Waals surface area contributed by atoms with E-state index < -0.39 is 11.6 Å². The Labute approximate surface area is 123 Å². The minimum absolute atomic E-state index is 0.122. The second-order valence-electron chi connectivity index (χ2n) is 4.44. The van der Waals surface area contributed by atoms with Gasteiger partial charge in [0.05, 0.1) is 5.56 Å². The third-order valence-electron chi connectivity index (χ3n) is 2.96. The summed E-state index contributed by atoms with van der Waals surface area (Å²) in [6, 6.07) is 9.95. The summed E-state index contributed by atoms with van der Waals surface area (Å²) in [7, 11) is 0. The van der Waals surface area contributed by atoms with Crippen molar-refractivity contribution in [1.82, 2.24) is 5.16 Å². The molecule has 2 N–H and O–H groups in total. The fourth-order valence-electron chi connectivity index (χ4n) is 2.11. The van der Waals surface area contributed by atoms with Gasteiger partial charge in [0.25, 0.3) is 0 Å². The quantitative estimate of drug-likeness (QED) is 0.757. The SMILES string of the molecule is Nc1noc(-c2cc(F)cc(F)c2)c1-c1cccc(Cl)c1. The van der Waals surface area contributed by atoms with Crippen molar-refractivity contribution >= 4 is 17.4 Å². The van der Waals surface area contributed by atoms with Crippen molar-refractivity contribution in [2.24, 2.45) is 0 Å². The van der Waals surface area contributed by atoms with Gasteiger partial charge in [-0.1, -0.05) is 28.9 Å². The lowest BCUT2D eigenvalue weighted by atomic mass is 10.0. The Balaban J connectivity index is 2.21. The zero-order chi connectivity index (χ0) is 15.0. The molecule has 0 spiro atoms. The van der Waals surface area contributed by atoms with Gasteiger partial charge in [0.2, 0.25) is 0 Å². The van der Waals surface area contributed by atoms with Crippen LogP contribution in [0.5, 0.6) is 0 Å². The molecule has 0 bridgehead atoms. The average Bonchev–Trinajstić information content (AvgIpc) is 2.79. The van der Waals surface area contributed by atoms with Crippen molar-refractivity contribution in [2.75, 3.05) is 5.73 Å². The van der Waals surface area contributed by atoms with E-state index in [0.717, 1.165) is 18.2 Å². The molecule has 3 nitrogen and oxygen atoms in total.